The predicted octanol–water partition coefficient (Wildman–Crippen LogP) is 5.84. The lowest BCUT2D eigenvalue weighted by Crippen LogP contribution is -2.33. The molecule has 154 valence electrons. The molecule has 30 heavy (non-hydrogen) atoms. The Morgan fingerprint density at radius 2 is 1.83 bits per heavy atom. The Bertz CT molecular complexity index is 1060. The molecular weight excluding hydrogens is 396 g/mol. The second-order valence-electron chi connectivity index (χ2n) is 7.40. The number of methoxy groups -OCH3 is 1. The molecule has 3 aromatic rings. The number of para-hydroxylation sites is 1. The summed E-state index contributed by atoms with van der Waals surface area (Å²) in [6, 6.07) is 21.4. The van der Waals surface area contributed by atoms with E-state index in [1.54, 1.807) is 19.2 Å². The first kappa shape index (κ1) is 20.5. The van der Waals surface area contributed by atoms with Gasteiger partial charge in [-0.3, -0.25) is 10.3 Å². The zero-order valence-corrected chi connectivity index (χ0v) is 17.9. The van der Waals surface area contributed by atoms with Crippen molar-refractivity contribution in [1.82, 2.24) is 5.32 Å². The number of benzene rings is 3. The van der Waals surface area contributed by atoms with Crippen LogP contribution in [0.2, 0.25) is 5.02 Å². The van der Waals surface area contributed by atoms with E-state index in [0.717, 1.165) is 34.6 Å². The number of rotatable bonds is 5. The molecule has 0 saturated carbocycles. The molecule has 2 atom stereocenters. The van der Waals surface area contributed by atoms with Crippen LogP contribution in [0.5, 0.6) is 11.5 Å². The number of halogens is 1. The number of nitrogens with zero attached hydrogens (tertiary/aromatic N) is 1. The third-order valence-electron chi connectivity index (χ3n) is 5.54. The molecule has 2 N–H and O–H groups in total. The molecule has 0 saturated heterocycles. The van der Waals surface area contributed by atoms with E-state index in [1.807, 2.05) is 30.3 Å². The molecule has 5 heteroatoms. The smallest absolute Gasteiger partial charge is 0.129 e. The fourth-order valence-electron chi connectivity index (χ4n) is 3.87. The van der Waals surface area contributed by atoms with Crippen molar-refractivity contribution < 1.29 is 9.84 Å². The molecule has 0 amide bonds. The van der Waals surface area contributed by atoms with Gasteiger partial charge >= 0.3 is 0 Å². The Hall–Kier alpha value is -2.82. The molecular formula is C25H25ClN2O2. The summed E-state index contributed by atoms with van der Waals surface area (Å²) in [7, 11) is 1.66. The Morgan fingerprint density at radius 3 is 2.57 bits per heavy atom. The van der Waals surface area contributed by atoms with Crippen LogP contribution >= 0.6 is 11.6 Å². The topological polar surface area (TPSA) is 53.8 Å². The van der Waals surface area contributed by atoms with Crippen molar-refractivity contribution in [1.29, 1.82) is 0 Å². The van der Waals surface area contributed by atoms with Crippen molar-refractivity contribution >= 4 is 17.3 Å². The van der Waals surface area contributed by atoms with Crippen LogP contribution in [-0.2, 0) is 6.42 Å². The molecule has 4 rings (SSSR count). The molecule has 0 bridgehead atoms. The first-order valence-corrected chi connectivity index (χ1v) is 10.5. The standard InChI is InChI=1S/C25H25ClN2O2/c1-3-16-8-10-17(11-9-16)21-15-22(20-14-18(26)12-13-23(20)29)28-25(27-21)19-6-4-5-7-24(19)30-2/h4-14,22,25,28-29H,3,15H2,1-2H3/t22-,25+/m1/s1. The normalized spacial score (nSPS) is 18.7. The van der Waals surface area contributed by atoms with E-state index in [9.17, 15) is 5.11 Å². The molecule has 0 aliphatic carbocycles. The zero-order valence-electron chi connectivity index (χ0n) is 17.1. The van der Waals surface area contributed by atoms with E-state index in [0.29, 0.717) is 11.4 Å². The van der Waals surface area contributed by atoms with Gasteiger partial charge in [0.1, 0.15) is 17.7 Å². The third kappa shape index (κ3) is 4.20. The Morgan fingerprint density at radius 1 is 1.07 bits per heavy atom. The number of phenolic OH excluding ortho intramolecular Hbond substituents is 1. The highest BCUT2D eigenvalue weighted by Gasteiger charge is 2.29. The van der Waals surface area contributed by atoms with Crippen LogP contribution in [-0.4, -0.2) is 17.9 Å². The lowest BCUT2D eigenvalue weighted by molar-refractivity contribution is 0.381. The van der Waals surface area contributed by atoms with Gasteiger partial charge in [-0.15, -0.1) is 0 Å². The van der Waals surface area contributed by atoms with E-state index >= 15 is 0 Å². The number of aliphatic imine (C=N–C) groups is 1. The van der Waals surface area contributed by atoms with Crippen molar-refractivity contribution in [2.75, 3.05) is 7.11 Å². The van der Waals surface area contributed by atoms with Gasteiger partial charge < -0.3 is 9.84 Å². The van der Waals surface area contributed by atoms with E-state index in [1.165, 1.54) is 5.56 Å². The van der Waals surface area contributed by atoms with Crippen LogP contribution in [0.4, 0.5) is 0 Å². The minimum atomic E-state index is -0.306. The molecule has 1 aliphatic rings. The van der Waals surface area contributed by atoms with E-state index in [2.05, 4.69) is 36.5 Å². The van der Waals surface area contributed by atoms with Gasteiger partial charge in [0, 0.05) is 34.3 Å². The maximum atomic E-state index is 10.5. The monoisotopic (exact) mass is 420 g/mol. The number of hydrogen-bond donors (Lipinski definition) is 2. The summed E-state index contributed by atoms with van der Waals surface area (Å²) in [5.41, 5.74) is 5.07. The Balaban J connectivity index is 1.78. The van der Waals surface area contributed by atoms with Crippen molar-refractivity contribution in [3.8, 4) is 11.5 Å². The van der Waals surface area contributed by atoms with Crippen LogP contribution in [0, 0.1) is 0 Å². The van der Waals surface area contributed by atoms with Gasteiger partial charge in [0.05, 0.1) is 7.11 Å². The highest BCUT2D eigenvalue weighted by Crippen LogP contribution is 2.37. The number of phenols is 1. The predicted molar refractivity (Wildman–Crippen MR) is 122 cm³/mol. The number of aromatic hydroxyl groups is 1. The van der Waals surface area contributed by atoms with E-state index in [-0.39, 0.29) is 18.0 Å². The van der Waals surface area contributed by atoms with Crippen LogP contribution in [0.1, 0.15) is 47.8 Å². The second-order valence-corrected chi connectivity index (χ2v) is 7.83. The zero-order chi connectivity index (χ0) is 21.1. The maximum Gasteiger partial charge on any atom is 0.129 e. The maximum absolute atomic E-state index is 10.5. The van der Waals surface area contributed by atoms with Gasteiger partial charge in [-0.1, -0.05) is 61.0 Å². The molecule has 0 spiro atoms. The van der Waals surface area contributed by atoms with Gasteiger partial charge in [0.2, 0.25) is 0 Å². The summed E-state index contributed by atoms with van der Waals surface area (Å²) in [6.45, 7) is 2.15. The molecule has 0 unspecified atom stereocenters. The quantitative estimate of drug-likeness (QED) is 0.545. The van der Waals surface area contributed by atoms with Gasteiger partial charge in [0.25, 0.3) is 0 Å². The van der Waals surface area contributed by atoms with Gasteiger partial charge in [-0.05, 0) is 41.8 Å². The molecule has 3 aromatic carbocycles. The molecule has 1 aliphatic heterocycles. The number of nitrogens with one attached hydrogen (secondary N) is 1. The van der Waals surface area contributed by atoms with Crippen LogP contribution in [0.3, 0.4) is 0 Å². The fourth-order valence-corrected chi connectivity index (χ4v) is 4.05. The Kier molecular flexibility index (Phi) is 6.07. The largest absolute Gasteiger partial charge is 0.508 e. The highest BCUT2D eigenvalue weighted by molar-refractivity contribution is 6.30. The second kappa shape index (κ2) is 8.90. The summed E-state index contributed by atoms with van der Waals surface area (Å²) >= 11 is 6.23. The minimum absolute atomic E-state index is 0.142. The molecule has 4 nitrogen and oxygen atoms in total. The summed E-state index contributed by atoms with van der Waals surface area (Å²) in [5, 5.41) is 14.7. The first-order chi connectivity index (χ1) is 14.6. The lowest BCUT2D eigenvalue weighted by Gasteiger charge is -2.31. The summed E-state index contributed by atoms with van der Waals surface area (Å²) in [5.74, 6) is 0.994. The summed E-state index contributed by atoms with van der Waals surface area (Å²) in [6.07, 6.45) is 1.33. The van der Waals surface area contributed by atoms with Crippen molar-refractivity contribution in [2.45, 2.75) is 32.0 Å². The van der Waals surface area contributed by atoms with Crippen LogP contribution in [0.25, 0.3) is 0 Å². The average Bonchev–Trinajstić information content (AvgIpc) is 2.80. The van der Waals surface area contributed by atoms with Crippen LogP contribution < -0.4 is 10.1 Å². The summed E-state index contributed by atoms with van der Waals surface area (Å²) in [4.78, 5) is 5.03. The van der Waals surface area contributed by atoms with Crippen molar-refractivity contribution in [3.05, 3.63) is 94.0 Å². The molecule has 0 radical (unpaired) electrons. The number of ether oxygens (including phenoxy) is 1. The number of aryl methyl sites for hydroxylation is 1. The van der Waals surface area contributed by atoms with E-state index in [4.69, 9.17) is 21.3 Å². The van der Waals surface area contributed by atoms with E-state index < -0.39 is 0 Å². The van der Waals surface area contributed by atoms with Crippen LogP contribution in [0.15, 0.2) is 71.7 Å². The molecule has 1 heterocycles. The fraction of sp³-hybridized carbons (Fsp3) is 0.240. The van der Waals surface area contributed by atoms with Gasteiger partial charge in [0.15, 0.2) is 0 Å². The van der Waals surface area contributed by atoms with Gasteiger partial charge in [-0.2, -0.15) is 0 Å². The number of hydrogen-bond acceptors (Lipinski definition) is 4. The first-order valence-electron chi connectivity index (χ1n) is 10.1. The Labute approximate surface area is 182 Å². The third-order valence-corrected chi connectivity index (χ3v) is 5.77. The minimum Gasteiger partial charge on any atom is -0.508 e. The molecule has 0 aromatic heterocycles. The SMILES string of the molecule is CCc1ccc(C2=N[C@H](c3ccccc3OC)N[C@@H](c3cc(Cl)ccc3O)C2)cc1. The average molecular weight is 421 g/mol. The summed E-state index contributed by atoms with van der Waals surface area (Å²) < 4.78 is 5.57. The van der Waals surface area contributed by atoms with Crippen molar-refractivity contribution in [3.63, 3.8) is 0 Å². The molecule has 0 fully saturated rings. The van der Waals surface area contributed by atoms with Crippen molar-refractivity contribution in [2.24, 2.45) is 4.99 Å². The van der Waals surface area contributed by atoms with Gasteiger partial charge in [-0.25, -0.2) is 0 Å². The highest BCUT2D eigenvalue weighted by atomic mass is 35.5. The lowest BCUT2D eigenvalue weighted by atomic mass is 9.93.